The Balaban J connectivity index is 2.02. The van der Waals surface area contributed by atoms with E-state index in [0.29, 0.717) is 17.7 Å². The van der Waals surface area contributed by atoms with E-state index in [1.165, 1.54) is 0 Å². The Morgan fingerprint density at radius 3 is 2.43 bits per heavy atom. The minimum atomic E-state index is -3.30. The van der Waals surface area contributed by atoms with Crippen molar-refractivity contribution in [3.05, 3.63) is 29.8 Å². The van der Waals surface area contributed by atoms with Gasteiger partial charge in [0, 0.05) is 24.3 Å². The zero-order chi connectivity index (χ0) is 16.9. The lowest BCUT2D eigenvalue weighted by Crippen LogP contribution is -2.43. The Morgan fingerprint density at radius 1 is 1.26 bits per heavy atom. The summed E-state index contributed by atoms with van der Waals surface area (Å²) in [4.78, 5) is 14.3. The standard InChI is InChI=1S/C16H25N3O3S/c1-3-12-23(21,22)18-14-6-4-13(5-7-14)16(20)19(2)15-8-10-17-11-9-15/h4-7,15,17-18H,3,8-12H2,1-2H3. The molecule has 2 rings (SSSR count). The Labute approximate surface area is 138 Å². The van der Waals surface area contributed by atoms with Crippen molar-refractivity contribution in [2.24, 2.45) is 0 Å². The summed E-state index contributed by atoms with van der Waals surface area (Å²) < 4.78 is 26.0. The van der Waals surface area contributed by atoms with Gasteiger partial charge >= 0.3 is 0 Å². The molecule has 1 amide bonds. The summed E-state index contributed by atoms with van der Waals surface area (Å²) in [6.07, 6.45) is 2.47. The second kappa shape index (κ2) is 7.79. The molecule has 0 spiro atoms. The summed E-state index contributed by atoms with van der Waals surface area (Å²) in [6, 6.07) is 6.87. The van der Waals surface area contributed by atoms with Crippen LogP contribution in [0.3, 0.4) is 0 Å². The third kappa shape index (κ3) is 4.94. The molecule has 0 aromatic heterocycles. The van der Waals surface area contributed by atoms with E-state index >= 15 is 0 Å². The van der Waals surface area contributed by atoms with Crippen LogP contribution in [0, 0.1) is 0 Å². The molecule has 6 nitrogen and oxygen atoms in total. The van der Waals surface area contributed by atoms with E-state index in [-0.39, 0.29) is 17.7 Å². The van der Waals surface area contributed by atoms with Crippen molar-refractivity contribution in [1.82, 2.24) is 10.2 Å². The summed E-state index contributed by atoms with van der Waals surface area (Å²) in [6.45, 7) is 3.68. The van der Waals surface area contributed by atoms with Crippen LogP contribution in [-0.4, -0.2) is 51.2 Å². The zero-order valence-corrected chi connectivity index (χ0v) is 14.5. The van der Waals surface area contributed by atoms with Crippen LogP contribution >= 0.6 is 0 Å². The van der Waals surface area contributed by atoms with E-state index in [9.17, 15) is 13.2 Å². The van der Waals surface area contributed by atoms with Gasteiger partial charge in [-0.25, -0.2) is 8.42 Å². The Bertz CT molecular complexity index is 622. The van der Waals surface area contributed by atoms with Crippen LogP contribution in [0.5, 0.6) is 0 Å². The van der Waals surface area contributed by atoms with Crippen LogP contribution < -0.4 is 10.0 Å². The van der Waals surface area contributed by atoms with Crippen molar-refractivity contribution >= 4 is 21.6 Å². The van der Waals surface area contributed by atoms with Crippen LogP contribution in [0.15, 0.2) is 24.3 Å². The number of anilines is 1. The minimum absolute atomic E-state index is 0.0279. The first-order valence-corrected chi connectivity index (χ1v) is 9.66. The summed E-state index contributed by atoms with van der Waals surface area (Å²) in [5.74, 6) is 0.0615. The fourth-order valence-corrected chi connectivity index (χ4v) is 3.88. The SMILES string of the molecule is CCCS(=O)(=O)Nc1ccc(C(=O)N(C)C2CCNCC2)cc1. The maximum Gasteiger partial charge on any atom is 0.253 e. The number of amides is 1. The van der Waals surface area contributed by atoms with Crippen molar-refractivity contribution in [3.8, 4) is 0 Å². The van der Waals surface area contributed by atoms with E-state index in [0.717, 1.165) is 25.9 Å². The lowest BCUT2D eigenvalue weighted by Gasteiger charge is -2.31. The largest absolute Gasteiger partial charge is 0.339 e. The zero-order valence-electron chi connectivity index (χ0n) is 13.7. The second-order valence-corrected chi connectivity index (χ2v) is 7.74. The molecule has 1 aliphatic heterocycles. The molecule has 0 radical (unpaired) electrons. The number of hydrogen-bond acceptors (Lipinski definition) is 4. The molecule has 1 fully saturated rings. The van der Waals surface area contributed by atoms with Gasteiger partial charge in [-0.3, -0.25) is 9.52 Å². The fraction of sp³-hybridized carbons (Fsp3) is 0.562. The van der Waals surface area contributed by atoms with E-state index in [4.69, 9.17) is 0 Å². The highest BCUT2D eigenvalue weighted by Crippen LogP contribution is 2.16. The molecular weight excluding hydrogens is 314 g/mol. The molecule has 0 atom stereocenters. The van der Waals surface area contributed by atoms with Crippen LogP contribution in [0.1, 0.15) is 36.5 Å². The van der Waals surface area contributed by atoms with Crippen molar-refractivity contribution in [3.63, 3.8) is 0 Å². The molecule has 1 heterocycles. The van der Waals surface area contributed by atoms with Crippen molar-refractivity contribution in [2.75, 3.05) is 30.6 Å². The van der Waals surface area contributed by atoms with Crippen molar-refractivity contribution in [2.45, 2.75) is 32.2 Å². The molecule has 7 heteroatoms. The van der Waals surface area contributed by atoms with Gasteiger partial charge in [0.25, 0.3) is 5.91 Å². The molecule has 0 saturated carbocycles. The Kier molecular flexibility index (Phi) is 6.01. The molecule has 1 aromatic carbocycles. The van der Waals surface area contributed by atoms with Gasteiger partial charge in [-0.05, 0) is 56.6 Å². The first-order chi connectivity index (χ1) is 10.9. The summed E-state index contributed by atoms with van der Waals surface area (Å²) in [5, 5.41) is 3.28. The van der Waals surface area contributed by atoms with Crippen LogP contribution in [0.4, 0.5) is 5.69 Å². The fourth-order valence-electron chi connectivity index (χ4n) is 2.74. The quantitative estimate of drug-likeness (QED) is 0.826. The smallest absolute Gasteiger partial charge is 0.253 e. The molecule has 128 valence electrons. The lowest BCUT2D eigenvalue weighted by molar-refractivity contribution is 0.0703. The van der Waals surface area contributed by atoms with Crippen LogP contribution in [-0.2, 0) is 10.0 Å². The van der Waals surface area contributed by atoms with Gasteiger partial charge in [0.2, 0.25) is 10.0 Å². The van der Waals surface area contributed by atoms with Crippen molar-refractivity contribution in [1.29, 1.82) is 0 Å². The van der Waals surface area contributed by atoms with E-state index in [1.54, 1.807) is 29.2 Å². The third-order valence-electron chi connectivity index (χ3n) is 4.05. The summed E-state index contributed by atoms with van der Waals surface area (Å²) in [7, 11) is -1.47. The van der Waals surface area contributed by atoms with Gasteiger partial charge in [-0.2, -0.15) is 0 Å². The molecule has 1 aliphatic rings. The first-order valence-electron chi connectivity index (χ1n) is 8.01. The van der Waals surface area contributed by atoms with E-state index in [1.807, 2.05) is 14.0 Å². The molecule has 0 aliphatic carbocycles. The second-order valence-electron chi connectivity index (χ2n) is 5.90. The average Bonchev–Trinajstić information content (AvgIpc) is 2.54. The van der Waals surface area contributed by atoms with Gasteiger partial charge < -0.3 is 10.2 Å². The van der Waals surface area contributed by atoms with Gasteiger partial charge in [0.1, 0.15) is 0 Å². The predicted molar refractivity (Wildman–Crippen MR) is 92.1 cm³/mol. The van der Waals surface area contributed by atoms with Gasteiger partial charge in [0.05, 0.1) is 5.75 Å². The number of benzene rings is 1. The number of carbonyl (C=O) groups excluding carboxylic acids is 1. The van der Waals surface area contributed by atoms with Gasteiger partial charge in [-0.15, -0.1) is 0 Å². The number of sulfonamides is 1. The van der Waals surface area contributed by atoms with E-state index < -0.39 is 10.0 Å². The highest BCUT2D eigenvalue weighted by Gasteiger charge is 2.22. The van der Waals surface area contributed by atoms with Crippen LogP contribution in [0.2, 0.25) is 0 Å². The van der Waals surface area contributed by atoms with Gasteiger partial charge in [0.15, 0.2) is 0 Å². The maximum absolute atomic E-state index is 12.5. The number of rotatable bonds is 6. The maximum atomic E-state index is 12.5. The number of nitrogens with one attached hydrogen (secondary N) is 2. The number of piperidine rings is 1. The van der Waals surface area contributed by atoms with Gasteiger partial charge in [-0.1, -0.05) is 6.92 Å². The highest BCUT2D eigenvalue weighted by molar-refractivity contribution is 7.92. The van der Waals surface area contributed by atoms with E-state index in [2.05, 4.69) is 10.0 Å². The molecule has 0 unspecified atom stereocenters. The Hall–Kier alpha value is -1.60. The molecular formula is C16H25N3O3S. The lowest BCUT2D eigenvalue weighted by atomic mass is 10.0. The summed E-state index contributed by atoms with van der Waals surface area (Å²) in [5.41, 5.74) is 1.06. The first kappa shape index (κ1) is 17.7. The van der Waals surface area contributed by atoms with Crippen LogP contribution in [0.25, 0.3) is 0 Å². The molecule has 23 heavy (non-hydrogen) atoms. The average molecular weight is 339 g/mol. The highest BCUT2D eigenvalue weighted by atomic mass is 32.2. The summed E-state index contributed by atoms with van der Waals surface area (Å²) >= 11 is 0. The molecule has 1 aromatic rings. The Morgan fingerprint density at radius 2 is 1.87 bits per heavy atom. The topological polar surface area (TPSA) is 78.5 Å². The monoisotopic (exact) mass is 339 g/mol. The molecule has 0 bridgehead atoms. The number of nitrogens with zero attached hydrogens (tertiary/aromatic N) is 1. The number of hydrogen-bond donors (Lipinski definition) is 2. The molecule has 2 N–H and O–H groups in total. The normalized spacial score (nSPS) is 16.1. The minimum Gasteiger partial charge on any atom is -0.339 e. The predicted octanol–water partition coefficient (Wildman–Crippen LogP) is 1.66. The third-order valence-corrected chi connectivity index (χ3v) is 5.55. The van der Waals surface area contributed by atoms with Crippen molar-refractivity contribution < 1.29 is 13.2 Å². The molecule has 1 saturated heterocycles. The number of carbonyl (C=O) groups is 1.